The Morgan fingerprint density at radius 2 is 1.88 bits per heavy atom. The molecule has 0 saturated carbocycles. The maximum absolute atomic E-state index is 13.5. The van der Waals surface area contributed by atoms with Crippen LogP contribution in [0.4, 0.5) is 10.2 Å². The van der Waals surface area contributed by atoms with E-state index in [4.69, 9.17) is 33.7 Å². The van der Waals surface area contributed by atoms with Gasteiger partial charge in [0.25, 0.3) is 0 Å². The third-order valence-electron chi connectivity index (χ3n) is 4.07. The van der Waals surface area contributed by atoms with Crippen molar-refractivity contribution in [2.75, 3.05) is 12.8 Å². The summed E-state index contributed by atoms with van der Waals surface area (Å²) >= 11 is 12.5. The highest BCUT2D eigenvalue weighted by atomic mass is 35.5. The van der Waals surface area contributed by atoms with E-state index in [1.54, 1.807) is 12.1 Å². The Labute approximate surface area is 159 Å². The summed E-state index contributed by atoms with van der Waals surface area (Å²) < 4.78 is 18.2. The average Bonchev–Trinajstić information content (AvgIpc) is 2.59. The van der Waals surface area contributed by atoms with Crippen LogP contribution >= 0.6 is 23.2 Å². The van der Waals surface area contributed by atoms with Gasteiger partial charge in [-0.05, 0) is 36.2 Å². The van der Waals surface area contributed by atoms with Crippen molar-refractivity contribution in [2.24, 2.45) is 0 Å². The SMILES string of the molecule is COC(=O)CCc1ccc(-c2c(Cl)cc(F)cc2Cl)c2nc(N)ccc12. The van der Waals surface area contributed by atoms with E-state index in [1.807, 2.05) is 12.1 Å². The molecule has 3 rings (SSSR count). The number of carbonyl (C=O) groups is 1. The van der Waals surface area contributed by atoms with Gasteiger partial charge in [0.2, 0.25) is 0 Å². The predicted octanol–water partition coefficient (Wildman–Crippen LogP) is 5.04. The van der Waals surface area contributed by atoms with Crippen molar-refractivity contribution in [2.45, 2.75) is 12.8 Å². The lowest BCUT2D eigenvalue weighted by molar-refractivity contribution is -0.140. The zero-order valence-electron chi connectivity index (χ0n) is 13.9. The van der Waals surface area contributed by atoms with E-state index in [2.05, 4.69) is 4.98 Å². The van der Waals surface area contributed by atoms with Gasteiger partial charge in [-0.1, -0.05) is 35.3 Å². The molecule has 0 aliphatic heterocycles. The molecule has 0 fully saturated rings. The molecule has 4 nitrogen and oxygen atoms in total. The number of hydrogen-bond acceptors (Lipinski definition) is 4. The fraction of sp³-hybridized carbons (Fsp3) is 0.158. The monoisotopic (exact) mass is 392 g/mol. The first-order chi connectivity index (χ1) is 12.4. The second-order valence-electron chi connectivity index (χ2n) is 5.73. The molecule has 2 N–H and O–H groups in total. The molecule has 0 radical (unpaired) electrons. The Kier molecular flexibility index (Phi) is 5.30. The number of hydrogen-bond donors (Lipinski definition) is 1. The van der Waals surface area contributed by atoms with Crippen LogP contribution in [0.1, 0.15) is 12.0 Å². The first-order valence-corrected chi connectivity index (χ1v) is 8.56. The minimum atomic E-state index is -0.518. The quantitative estimate of drug-likeness (QED) is 0.631. The lowest BCUT2D eigenvalue weighted by atomic mass is 9.96. The third kappa shape index (κ3) is 3.59. The number of esters is 1. The number of benzene rings is 2. The van der Waals surface area contributed by atoms with E-state index in [9.17, 15) is 9.18 Å². The minimum absolute atomic E-state index is 0.183. The molecule has 2 aromatic carbocycles. The minimum Gasteiger partial charge on any atom is -0.469 e. The van der Waals surface area contributed by atoms with Crippen LogP contribution in [-0.4, -0.2) is 18.1 Å². The number of aromatic nitrogens is 1. The normalized spacial score (nSPS) is 10.9. The van der Waals surface area contributed by atoms with Gasteiger partial charge in [-0.3, -0.25) is 4.79 Å². The summed E-state index contributed by atoms with van der Waals surface area (Å²) in [6.07, 6.45) is 0.729. The fourth-order valence-corrected chi connectivity index (χ4v) is 3.51. The molecular formula is C19H15Cl2FN2O2. The topological polar surface area (TPSA) is 65.2 Å². The zero-order valence-corrected chi connectivity index (χ0v) is 15.4. The Morgan fingerprint density at radius 3 is 2.54 bits per heavy atom. The number of nitrogens with two attached hydrogens (primary N) is 1. The number of aryl methyl sites for hydroxylation is 1. The van der Waals surface area contributed by atoms with Crippen LogP contribution in [0.3, 0.4) is 0 Å². The third-order valence-corrected chi connectivity index (χ3v) is 4.67. The smallest absolute Gasteiger partial charge is 0.305 e. The number of halogens is 3. The first-order valence-electron chi connectivity index (χ1n) is 7.80. The summed E-state index contributed by atoms with van der Waals surface area (Å²) in [6.45, 7) is 0. The van der Waals surface area contributed by atoms with E-state index in [0.717, 1.165) is 10.9 Å². The van der Waals surface area contributed by atoms with Crippen LogP contribution in [0, 0.1) is 5.82 Å². The number of rotatable bonds is 4. The molecular weight excluding hydrogens is 378 g/mol. The summed E-state index contributed by atoms with van der Waals surface area (Å²) in [5.41, 5.74) is 8.48. The molecule has 3 aromatic rings. The van der Waals surface area contributed by atoms with E-state index in [-0.39, 0.29) is 22.4 Å². The Bertz CT molecular complexity index is 985. The van der Waals surface area contributed by atoms with Crippen molar-refractivity contribution in [1.29, 1.82) is 0 Å². The number of pyridine rings is 1. The lowest BCUT2D eigenvalue weighted by Crippen LogP contribution is -2.03. The summed E-state index contributed by atoms with van der Waals surface area (Å²) in [5.74, 6) is -0.483. The molecule has 26 heavy (non-hydrogen) atoms. The Balaban J connectivity index is 2.20. The van der Waals surface area contributed by atoms with Gasteiger partial charge >= 0.3 is 5.97 Å². The van der Waals surface area contributed by atoms with Gasteiger partial charge in [0.05, 0.1) is 22.7 Å². The van der Waals surface area contributed by atoms with Crippen molar-refractivity contribution >= 4 is 45.9 Å². The lowest BCUT2D eigenvalue weighted by Gasteiger charge is -2.14. The highest BCUT2D eigenvalue weighted by Crippen LogP contribution is 2.39. The first kappa shape index (κ1) is 18.4. The number of anilines is 1. The van der Waals surface area contributed by atoms with Crippen molar-refractivity contribution in [1.82, 2.24) is 4.98 Å². The largest absolute Gasteiger partial charge is 0.469 e. The van der Waals surface area contributed by atoms with Crippen molar-refractivity contribution in [3.63, 3.8) is 0 Å². The summed E-state index contributed by atoms with van der Waals surface area (Å²) in [7, 11) is 1.35. The molecule has 1 aromatic heterocycles. The molecule has 0 aliphatic carbocycles. The van der Waals surface area contributed by atoms with Gasteiger partial charge in [0.15, 0.2) is 0 Å². The predicted molar refractivity (Wildman–Crippen MR) is 102 cm³/mol. The summed E-state index contributed by atoms with van der Waals surface area (Å²) in [5, 5.41) is 1.18. The van der Waals surface area contributed by atoms with Crippen molar-refractivity contribution in [3.05, 3.63) is 57.8 Å². The van der Waals surface area contributed by atoms with E-state index in [1.165, 1.54) is 19.2 Å². The van der Waals surface area contributed by atoms with Crippen molar-refractivity contribution in [3.8, 4) is 11.1 Å². The van der Waals surface area contributed by atoms with Crippen LogP contribution < -0.4 is 5.73 Å². The molecule has 0 unspecified atom stereocenters. The highest BCUT2D eigenvalue weighted by molar-refractivity contribution is 6.39. The molecule has 0 amide bonds. The summed E-state index contributed by atoms with van der Waals surface area (Å²) in [6, 6.07) is 9.58. The molecule has 0 bridgehead atoms. The number of nitrogen functional groups attached to an aromatic ring is 1. The van der Waals surface area contributed by atoms with E-state index >= 15 is 0 Å². The molecule has 0 aliphatic rings. The van der Waals surface area contributed by atoms with E-state index in [0.29, 0.717) is 28.9 Å². The van der Waals surface area contributed by atoms with Crippen LogP contribution in [0.25, 0.3) is 22.0 Å². The zero-order chi connectivity index (χ0) is 18.8. The molecule has 0 atom stereocenters. The average molecular weight is 393 g/mol. The van der Waals surface area contributed by atoms with Gasteiger partial charge in [-0.2, -0.15) is 0 Å². The number of carbonyl (C=O) groups excluding carboxylic acids is 1. The van der Waals surface area contributed by atoms with Crippen LogP contribution in [0.5, 0.6) is 0 Å². The van der Waals surface area contributed by atoms with E-state index < -0.39 is 5.82 Å². The Hall–Kier alpha value is -2.37. The molecule has 134 valence electrons. The maximum atomic E-state index is 13.5. The van der Waals surface area contributed by atoms with Gasteiger partial charge in [-0.15, -0.1) is 0 Å². The number of fused-ring (bicyclic) bond motifs is 1. The van der Waals surface area contributed by atoms with Gasteiger partial charge in [0.1, 0.15) is 11.6 Å². The molecule has 1 heterocycles. The van der Waals surface area contributed by atoms with Gasteiger partial charge in [-0.25, -0.2) is 9.37 Å². The van der Waals surface area contributed by atoms with Crippen molar-refractivity contribution < 1.29 is 13.9 Å². The molecule has 0 spiro atoms. The fourth-order valence-electron chi connectivity index (χ4n) is 2.85. The highest BCUT2D eigenvalue weighted by Gasteiger charge is 2.17. The van der Waals surface area contributed by atoms with Crippen LogP contribution in [-0.2, 0) is 16.0 Å². The molecule has 0 saturated heterocycles. The standard InChI is InChI=1S/C19H15Cl2FN2O2/c1-26-17(25)7-3-10-2-4-13(19-12(10)5-6-16(23)24-19)18-14(20)8-11(22)9-15(18)21/h2,4-6,8-9H,3,7H2,1H3,(H2,23,24). The van der Waals surface area contributed by atoms with Crippen LogP contribution in [0.2, 0.25) is 10.0 Å². The maximum Gasteiger partial charge on any atom is 0.305 e. The summed E-state index contributed by atoms with van der Waals surface area (Å²) in [4.78, 5) is 15.9. The number of nitrogens with zero attached hydrogens (tertiary/aromatic N) is 1. The Morgan fingerprint density at radius 1 is 1.19 bits per heavy atom. The number of ether oxygens (including phenoxy) is 1. The number of methoxy groups -OCH3 is 1. The van der Waals surface area contributed by atoms with Gasteiger partial charge < -0.3 is 10.5 Å². The van der Waals surface area contributed by atoms with Crippen LogP contribution in [0.15, 0.2) is 36.4 Å². The second kappa shape index (κ2) is 7.48. The second-order valence-corrected chi connectivity index (χ2v) is 6.54. The molecule has 7 heteroatoms. The van der Waals surface area contributed by atoms with Gasteiger partial charge in [0, 0.05) is 22.9 Å².